The highest BCUT2D eigenvalue weighted by molar-refractivity contribution is 5.48. The van der Waals surface area contributed by atoms with Gasteiger partial charge >= 0.3 is 0 Å². The van der Waals surface area contributed by atoms with Gasteiger partial charge in [0.25, 0.3) is 0 Å². The lowest BCUT2D eigenvalue weighted by Crippen LogP contribution is -2.10. The minimum absolute atomic E-state index is 0.250. The number of hydrogen-bond acceptors (Lipinski definition) is 0. The molecule has 0 aliphatic carbocycles. The van der Waals surface area contributed by atoms with Gasteiger partial charge in [-0.1, -0.05) is 101 Å². The molecule has 0 heteroatoms. The van der Waals surface area contributed by atoms with E-state index < -0.39 is 0 Å². The monoisotopic (exact) mass is 264 g/mol. The van der Waals surface area contributed by atoms with Crippen molar-refractivity contribution in [1.82, 2.24) is 0 Å². The van der Waals surface area contributed by atoms with Gasteiger partial charge in [-0.15, -0.1) is 0 Å². The highest BCUT2D eigenvalue weighted by Crippen LogP contribution is 2.22. The Bertz CT molecular complexity index is 525. The molecule has 0 aliphatic rings. The SMILES string of the molecule is C=Cc1ccc(C(C)(C)C)cc1.C=Cc1ccccc1. The Morgan fingerprint density at radius 2 is 1.15 bits per heavy atom. The van der Waals surface area contributed by atoms with E-state index in [4.69, 9.17) is 0 Å². The Morgan fingerprint density at radius 1 is 0.700 bits per heavy atom. The van der Waals surface area contributed by atoms with Crippen LogP contribution in [0.4, 0.5) is 0 Å². The third-order valence-electron chi connectivity index (χ3n) is 3.05. The molecule has 0 bridgehead atoms. The summed E-state index contributed by atoms with van der Waals surface area (Å²) in [5.74, 6) is 0. The van der Waals surface area contributed by atoms with E-state index in [-0.39, 0.29) is 5.41 Å². The molecule has 0 spiro atoms. The van der Waals surface area contributed by atoms with Crippen molar-refractivity contribution in [3.63, 3.8) is 0 Å². The zero-order valence-electron chi connectivity index (χ0n) is 12.8. The first-order chi connectivity index (χ1) is 9.47. The Labute approximate surface area is 123 Å². The molecule has 104 valence electrons. The second kappa shape index (κ2) is 7.49. The molecule has 0 unspecified atom stereocenters. The Kier molecular flexibility index (Phi) is 5.99. The molecule has 2 aromatic carbocycles. The van der Waals surface area contributed by atoms with Gasteiger partial charge < -0.3 is 0 Å². The van der Waals surface area contributed by atoms with Gasteiger partial charge in [0, 0.05) is 0 Å². The Balaban J connectivity index is 0.000000217. The van der Waals surface area contributed by atoms with Crippen LogP contribution in [-0.2, 0) is 5.41 Å². The summed E-state index contributed by atoms with van der Waals surface area (Å²) in [4.78, 5) is 0. The lowest BCUT2D eigenvalue weighted by molar-refractivity contribution is 0.590. The fourth-order valence-electron chi connectivity index (χ4n) is 1.71. The van der Waals surface area contributed by atoms with Crippen LogP contribution in [0.15, 0.2) is 67.8 Å². The van der Waals surface area contributed by atoms with Gasteiger partial charge in [0.2, 0.25) is 0 Å². The molecule has 0 N–H and O–H groups in total. The van der Waals surface area contributed by atoms with Crippen LogP contribution in [0.3, 0.4) is 0 Å². The maximum atomic E-state index is 3.72. The van der Waals surface area contributed by atoms with E-state index in [9.17, 15) is 0 Å². The molecule has 2 rings (SSSR count). The summed E-state index contributed by atoms with van der Waals surface area (Å²) in [7, 11) is 0. The summed E-state index contributed by atoms with van der Waals surface area (Å²) in [6.07, 6.45) is 3.70. The molecule has 0 nitrogen and oxygen atoms in total. The van der Waals surface area contributed by atoms with Crippen molar-refractivity contribution in [2.45, 2.75) is 26.2 Å². The third kappa shape index (κ3) is 5.27. The van der Waals surface area contributed by atoms with Gasteiger partial charge in [0.1, 0.15) is 0 Å². The molecule has 0 saturated heterocycles. The summed E-state index contributed by atoms with van der Waals surface area (Å²) in [5.41, 5.74) is 3.98. The van der Waals surface area contributed by atoms with Crippen molar-refractivity contribution in [2.75, 3.05) is 0 Å². The normalized spacial score (nSPS) is 10.2. The van der Waals surface area contributed by atoms with Crippen LogP contribution in [-0.4, -0.2) is 0 Å². The molecule has 0 aromatic heterocycles. The van der Waals surface area contributed by atoms with Gasteiger partial charge in [-0.3, -0.25) is 0 Å². The number of rotatable bonds is 2. The van der Waals surface area contributed by atoms with Crippen molar-refractivity contribution in [3.05, 3.63) is 84.4 Å². The molecule has 0 aliphatic heterocycles. The Hall–Kier alpha value is -2.08. The molecular formula is C20H24. The average Bonchev–Trinajstić information content (AvgIpc) is 2.48. The predicted octanol–water partition coefficient (Wildman–Crippen LogP) is 5.96. The first-order valence-electron chi connectivity index (χ1n) is 6.88. The van der Waals surface area contributed by atoms with Crippen molar-refractivity contribution >= 4 is 12.2 Å². The zero-order valence-corrected chi connectivity index (χ0v) is 12.8. The van der Waals surface area contributed by atoms with Gasteiger partial charge in [0.15, 0.2) is 0 Å². The molecule has 0 amide bonds. The average molecular weight is 264 g/mol. The zero-order chi connectivity index (χ0) is 15.0. The predicted molar refractivity (Wildman–Crippen MR) is 91.8 cm³/mol. The van der Waals surface area contributed by atoms with E-state index in [2.05, 4.69) is 58.2 Å². The lowest BCUT2D eigenvalue weighted by atomic mass is 9.87. The van der Waals surface area contributed by atoms with E-state index in [0.29, 0.717) is 0 Å². The molecule has 2 aromatic rings. The summed E-state index contributed by atoms with van der Waals surface area (Å²) >= 11 is 0. The fourth-order valence-corrected chi connectivity index (χ4v) is 1.71. The van der Waals surface area contributed by atoms with E-state index in [1.54, 1.807) is 0 Å². The quantitative estimate of drug-likeness (QED) is 0.628. The van der Waals surface area contributed by atoms with E-state index in [1.807, 2.05) is 42.5 Å². The Morgan fingerprint density at radius 3 is 1.50 bits per heavy atom. The fraction of sp³-hybridized carbons (Fsp3) is 0.200. The largest absolute Gasteiger partial charge is 0.0985 e. The van der Waals surface area contributed by atoms with Crippen molar-refractivity contribution in [3.8, 4) is 0 Å². The minimum Gasteiger partial charge on any atom is -0.0985 e. The molecule has 0 fully saturated rings. The summed E-state index contributed by atoms with van der Waals surface area (Å²) in [5, 5.41) is 0. The molecule has 0 radical (unpaired) electrons. The second-order valence-corrected chi connectivity index (χ2v) is 5.69. The summed E-state index contributed by atoms with van der Waals surface area (Å²) in [6.45, 7) is 14.0. The van der Waals surface area contributed by atoms with E-state index >= 15 is 0 Å². The van der Waals surface area contributed by atoms with Crippen molar-refractivity contribution in [2.24, 2.45) is 0 Å². The highest BCUT2D eigenvalue weighted by atomic mass is 14.2. The molecule has 0 heterocycles. The molecule has 0 saturated carbocycles. The van der Waals surface area contributed by atoms with Crippen LogP contribution in [0.1, 0.15) is 37.5 Å². The maximum Gasteiger partial charge on any atom is -0.0132 e. The van der Waals surface area contributed by atoms with Crippen LogP contribution >= 0.6 is 0 Å². The highest BCUT2D eigenvalue weighted by Gasteiger charge is 2.12. The van der Waals surface area contributed by atoms with Crippen molar-refractivity contribution < 1.29 is 0 Å². The van der Waals surface area contributed by atoms with Crippen molar-refractivity contribution in [1.29, 1.82) is 0 Å². The molecular weight excluding hydrogens is 240 g/mol. The summed E-state index contributed by atoms with van der Waals surface area (Å²) < 4.78 is 0. The number of benzene rings is 2. The van der Waals surface area contributed by atoms with Gasteiger partial charge in [0.05, 0.1) is 0 Å². The van der Waals surface area contributed by atoms with E-state index in [0.717, 1.165) is 0 Å². The van der Waals surface area contributed by atoms with Gasteiger partial charge in [-0.05, 0) is 22.1 Å². The topological polar surface area (TPSA) is 0 Å². The van der Waals surface area contributed by atoms with E-state index in [1.165, 1.54) is 16.7 Å². The maximum absolute atomic E-state index is 3.72. The van der Waals surface area contributed by atoms with Gasteiger partial charge in [-0.2, -0.15) is 0 Å². The van der Waals surface area contributed by atoms with Gasteiger partial charge in [-0.25, -0.2) is 0 Å². The molecule has 20 heavy (non-hydrogen) atoms. The number of hydrogen-bond donors (Lipinski definition) is 0. The lowest BCUT2D eigenvalue weighted by Gasteiger charge is -2.18. The smallest absolute Gasteiger partial charge is 0.0132 e. The third-order valence-corrected chi connectivity index (χ3v) is 3.05. The molecule has 0 atom stereocenters. The van der Waals surface area contributed by atoms with Crippen LogP contribution < -0.4 is 0 Å². The van der Waals surface area contributed by atoms with Crippen LogP contribution in [0.2, 0.25) is 0 Å². The standard InChI is InChI=1S/C12H16.C8H8/c1-5-10-6-8-11(9-7-10)12(2,3)4;1-2-8-6-4-3-5-7-8/h5-9H,1H2,2-4H3;2-7H,1H2. The first-order valence-corrected chi connectivity index (χ1v) is 6.88. The van der Waals surface area contributed by atoms with Crippen LogP contribution in [0.25, 0.3) is 12.2 Å². The second-order valence-electron chi connectivity index (χ2n) is 5.69. The first kappa shape index (κ1) is 16.0. The van der Waals surface area contributed by atoms with Crippen LogP contribution in [0.5, 0.6) is 0 Å². The van der Waals surface area contributed by atoms with Crippen LogP contribution in [0, 0.1) is 0 Å². The minimum atomic E-state index is 0.250. The summed E-state index contributed by atoms with van der Waals surface area (Å²) in [6, 6.07) is 18.6.